The van der Waals surface area contributed by atoms with Crippen LogP contribution in [0.3, 0.4) is 0 Å². The Kier molecular flexibility index (Phi) is 4.47. The lowest BCUT2D eigenvalue weighted by Crippen LogP contribution is -1.71. The average molecular weight is 287 g/mol. The van der Waals surface area contributed by atoms with Crippen LogP contribution in [-0.2, 0) is 0 Å². The summed E-state index contributed by atoms with van der Waals surface area (Å²) in [5.74, 6) is 0. The maximum atomic E-state index is 5.92. The number of hydrogen-bond acceptors (Lipinski definition) is 2. The van der Waals surface area contributed by atoms with Crippen LogP contribution >= 0.6 is 44.8 Å². The van der Waals surface area contributed by atoms with Crippen LogP contribution in [0.25, 0.3) is 0 Å². The third-order valence-corrected chi connectivity index (χ3v) is 4.63. The Bertz CT molecular complexity index is 451. The fourth-order valence-electron chi connectivity index (χ4n) is 1.15. The third kappa shape index (κ3) is 3.63. The van der Waals surface area contributed by atoms with Crippen molar-refractivity contribution < 1.29 is 0 Å². The lowest BCUT2D eigenvalue weighted by Gasteiger charge is -2.02. The molecular weight excluding hydrogens is 279 g/mol. The van der Waals surface area contributed by atoms with Gasteiger partial charge in [-0.3, -0.25) is 0 Å². The summed E-state index contributed by atoms with van der Waals surface area (Å²) in [6, 6.07) is 15.8. The fraction of sp³-hybridized carbons (Fsp3) is 0. The molecule has 0 nitrogen and oxygen atoms in total. The number of rotatable bonds is 3. The summed E-state index contributed by atoms with van der Waals surface area (Å²) in [5, 5.41) is 1.34. The first-order valence-corrected chi connectivity index (χ1v) is 7.50. The van der Waals surface area contributed by atoms with E-state index in [0.29, 0.717) is 10.0 Å². The minimum absolute atomic E-state index is 0.670. The Morgan fingerprint density at radius 2 is 1.25 bits per heavy atom. The van der Waals surface area contributed by atoms with Gasteiger partial charge in [0.25, 0.3) is 0 Å². The van der Waals surface area contributed by atoms with Gasteiger partial charge in [-0.1, -0.05) is 63.0 Å². The van der Waals surface area contributed by atoms with Gasteiger partial charge in [0.15, 0.2) is 0 Å². The minimum Gasteiger partial charge on any atom is -0.0842 e. The lowest BCUT2D eigenvalue weighted by atomic mass is 10.4. The van der Waals surface area contributed by atoms with E-state index in [2.05, 4.69) is 12.1 Å². The summed E-state index contributed by atoms with van der Waals surface area (Å²) >= 11 is 11.8. The molecule has 0 fully saturated rings. The highest BCUT2D eigenvalue weighted by Gasteiger charge is 2.00. The van der Waals surface area contributed by atoms with Gasteiger partial charge < -0.3 is 0 Å². The van der Waals surface area contributed by atoms with Crippen molar-refractivity contribution in [2.45, 2.75) is 9.79 Å². The number of benzene rings is 2. The first-order valence-electron chi connectivity index (χ1n) is 4.60. The van der Waals surface area contributed by atoms with Gasteiger partial charge in [0.05, 0.1) is 0 Å². The van der Waals surface area contributed by atoms with E-state index in [1.165, 1.54) is 4.90 Å². The van der Waals surface area contributed by atoms with Crippen molar-refractivity contribution in [1.82, 2.24) is 0 Å². The van der Waals surface area contributed by atoms with Gasteiger partial charge >= 0.3 is 0 Å². The van der Waals surface area contributed by atoms with Gasteiger partial charge in [-0.05, 0) is 30.3 Å². The molecule has 0 aromatic heterocycles. The predicted molar refractivity (Wildman–Crippen MR) is 74.6 cm³/mol. The topological polar surface area (TPSA) is 0 Å². The average Bonchev–Trinajstić information content (AvgIpc) is 2.27. The molecule has 0 aliphatic carbocycles. The fourth-order valence-corrected chi connectivity index (χ4v) is 3.81. The molecule has 0 spiro atoms. The van der Waals surface area contributed by atoms with Crippen LogP contribution in [0, 0.1) is 0 Å². The van der Waals surface area contributed by atoms with Crippen molar-refractivity contribution in [3.63, 3.8) is 0 Å². The molecule has 0 aliphatic rings. The van der Waals surface area contributed by atoms with Gasteiger partial charge in [0.2, 0.25) is 0 Å². The van der Waals surface area contributed by atoms with E-state index in [0.717, 1.165) is 4.90 Å². The van der Waals surface area contributed by atoms with Gasteiger partial charge in [0.1, 0.15) is 0 Å². The van der Waals surface area contributed by atoms with Crippen molar-refractivity contribution in [2.24, 2.45) is 0 Å². The summed E-state index contributed by atoms with van der Waals surface area (Å²) in [7, 11) is 3.34. The molecule has 0 atom stereocenters. The predicted octanol–water partition coefficient (Wildman–Crippen LogP) is 5.79. The molecule has 0 saturated heterocycles. The zero-order chi connectivity index (χ0) is 11.4. The molecule has 82 valence electrons. The molecule has 0 heterocycles. The molecule has 2 rings (SSSR count). The SMILES string of the molecule is Clc1cc(Cl)cc(SSc2ccccc2)c1. The molecule has 4 heteroatoms. The minimum atomic E-state index is 0.670. The van der Waals surface area contributed by atoms with E-state index < -0.39 is 0 Å². The van der Waals surface area contributed by atoms with E-state index >= 15 is 0 Å². The van der Waals surface area contributed by atoms with Crippen LogP contribution in [0.15, 0.2) is 58.3 Å². The van der Waals surface area contributed by atoms with Crippen molar-refractivity contribution in [3.05, 3.63) is 58.6 Å². The quantitative estimate of drug-likeness (QED) is 0.655. The van der Waals surface area contributed by atoms with Crippen molar-refractivity contribution in [1.29, 1.82) is 0 Å². The van der Waals surface area contributed by atoms with Crippen molar-refractivity contribution in [2.75, 3.05) is 0 Å². The zero-order valence-electron chi connectivity index (χ0n) is 8.19. The van der Waals surface area contributed by atoms with Gasteiger partial charge in [-0.25, -0.2) is 0 Å². The highest BCUT2D eigenvalue weighted by molar-refractivity contribution is 8.76. The molecular formula is C12H8Cl2S2. The Hall–Kier alpha value is -0.280. The Labute approximate surface area is 113 Å². The number of halogens is 2. The zero-order valence-corrected chi connectivity index (χ0v) is 11.3. The second-order valence-corrected chi connectivity index (χ2v) is 6.23. The molecule has 0 amide bonds. The molecule has 0 unspecified atom stereocenters. The summed E-state index contributed by atoms with van der Waals surface area (Å²) in [4.78, 5) is 2.27. The molecule has 2 aromatic rings. The van der Waals surface area contributed by atoms with Crippen LogP contribution in [0.4, 0.5) is 0 Å². The highest BCUT2D eigenvalue weighted by atomic mass is 35.5. The second kappa shape index (κ2) is 5.87. The van der Waals surface area contributed by atoms with Crippen LogP contribution in [0.1, 0.15) is 0 Å². The molecule has 0 saturated carbocycles. The van der Waals surface area contributed by atoms with E-state index in [1.54, 1.807) is 27.7 Å². The lowest BCUT2D eigenvalue weighted by molar-refractivity contribution is 1.47. The Morgan fingerprint density at radius 3 is 1.88 bits per heavy atom. The van der Waals surface area contributed by atoms with Gasteiger partial charge in [-0.15, -0.1) is 0 Å². The Morgan fingerprint density at radius 1 is 0.688 bits per heavy atom. The molecule has 0 aliphatic heterocycles. The summed E-state index contributed by atoms with van der Waals surface area (Å²) < 4.78 is 0. The van der Waals surface area contributed by atoms with E-state index in [-0.39, 0.29) is 0 Å². The maximum absolute atomic E-state index is 5.92. The first-order chi connectivity index (χ1) is 7.74. The first kappa shape index (κ1) is 12.2. The van der Waals surface area contributed by atoms with Crippen molar-refractivity contribution in [3.8, 4) is 0 Å². The van der Waals surface area contributed by atoms with Crippen LogP contribution in [0.2, 0.25) is 10.0 Å². The third-order valence-electron chi connectivity index (χ3n) is 1.81. The molecule has 16 heavy (non-hydrogen) atoms. The molecule has 2 aromatic carbocycles. The molecule has 0 radical (unpaired) electrons. The standard InChI is InChI=1S/C12H8Cl2S2/c13-9-6-10(14)8-12(7-9)16-15-11-4-2-1-3-5-11/h1-8H. The second-order valence-electron chi connectivity index (χ2n) is 3.08. The summed E-state index contributed by atoms with van der Waals surface area (Å²) in [6.45, 7) is 0. The maximum Gasteiger partial charge on any atom is 0.0432 e. The largest absolute Gasteiger partial charge is 0.0842 e. The molecule has 0 N–H and O–H groups in total. The van der Waals surface area contributed by atoms with Crippen molar-refractivity contribution >= 4 is 44.8 Å². The number of hydrogen-bond donors (Lipinski definition) is 0. The highest BCUT2D eigenvalue weighted by Crippen LogP contribution is 2.39. The monoisotopic (exact) mass is 286 g/mol. The van der Waals surface area contributed by atoms with Gasteiger partial charge in [-0.2, -0.15) is 0 Å². The van der Waals surface area contributed by atoms with Crippen LogP contribution in [0.5, 0.6) is 0 Å². The van der Waals surface area contributed by atoms with E-state index in [9.17, 15) is 0 Å². The van der Waals surface area contributed by atoms with E-state index in [1.807, 2.05) is 30.3 Å². The summed E-state index contributed by atoms with van der Waals surface area (Å²) in [5.41, 5.74) is 0. The summed E-state index contributed by atoms with van der Waals surface area (Å²) in [6.07, 6.45) is 0. The Balaban J connectivity index is 2.05. The van der Waals surface area contributed by atoms with E-state index in [4.69, 9.17) is 23.2 Å². The molecule has 0 bridgehead atoms. The normalized spacial score (nSPS) is 10.4. The van der Waals surface area contributed by atoms with Crippen LogP contribution in [-0.4, -0.2) is 0 Å². The van der Waals surface area contributed by atoms with Gasteiger partial charge in [0, 0.05) is 19.8 Å². The van der Waals surface area contributed by atoms with Crippen LogP contribution < -0.4 is 0 Å². The smallest absolute Gasteiger partial charge is 0.0432 e.